The number of nitrogens with zero attached hydrogens (tertiary/aromatic N) is 2. The third-order valence-electron chi connectivity index (χ3n) is 1.95. The van der Waals surface area contributed by atoms with E-state index in [0.717, 1.165) is 0 Å². The van der Waals surface area contributed by atoms with Crippen LogP contribution in [0.15, 0.2) is 12.3 Å². The van der Waals surface area contributed by atoms with Crippen molar-refractivity contribution in [2.45, 2.75) is 26.4 Å². The Bertz CT molecular complexity index is 520. The SMILES string of the molecule is CC(C)(C)OC(=O)Nc1cnc(C#N)c(B(O)O)c1. The van der Waals surface area contributed by atoms with Crippen LogP contribution in [0.4, 0.5) is 10.5 Å². The molecular formula is C11H14BN3O4. The van der Waals surface area contributed by atoms with Gasteiger partial charge in [-0.2, -0.15) is 5.26 Å². The van der Waals surface area contributed by atoms with E-state index < -0.39 is 18.8 Å². The third kappa shape index (κ3) is 4.58. The van der Waals surface area contributed by atoms with Crippen LogP contribution in [-0.4, -0.2) is 33.8 Å². The largest absolute Gasteiger partial charge is 0.491 e. The smallest absolute Gasteiger partial charge is 0.444 e. The van der Waals surface area contributed by atoms with Crippen LogP contribution in [0.2, 0.25) is 0 Å². The van der Waals surface area contributed by atoms with Gasteiger partial charge in [0.25, 0.3) is 0 Å². The standard InChI is InChI=1S/C11H14BN3O4/c1-11(2,3)19-10(16)15-7-4-8(12(17)18)9(5-13)14-6-7/h4,6,17-18H,1-3H3,(H,15,16). The summed E-state index contributed by atoms with van der Waals surface area (Å²) >= 11 is 0. The number of amides is 1. The van der Waals surface area contributed by atoms with Crippen LogP contribution >= 0.6 is 0 Å². The van der Waals surface area contributed by atoms with E-state index in [-0.39, 0.29) is 16.8 Å². The summed E-state index contributed by atoms with van der Waals surface area (Å²) in [6.07, 6.45) is 0.534. The lowest BCUT2D eigenvalue weighted by Gasteiger charge is -2.19. The van der Waals surface area contributed by atoms with Gasteiger partial charge in [0, 0.05) is 5.46 Å². The molecule has 1 aromatic rings. The molecule has 1 amide bonds. The topological polar surface area (TPSA) is 115 Å². The maximum absolute atomic E-state index is 11.5. The fourth-order valence-electron chi connectivity index (χ4n) is 1.26. The summed E-state index contributed by atoms with van der Waals surface area (Å²) in [5.41, 5.74) is -0.652. The number of hydrogen-bond donors (Lipinski definition) is 3. The normalized spacial score (nSPS) is 10.5. The number of carbonyl (C=O) groups is 1. The Kier molecular flexibility index (Phi) is 4.48. The van der Waals surface area contributed by atoms with Gasteiger partial charge in [-0.1, -0.05) is 0 Å². The van der Waals surface area contributed by atoms with Crippen molar-refractivity contribution in [3.8, 4) is 6.07 Å². The van der Waals surface area contributed by atoms with Gasteiger partial charge in [0.15, 0.2) is 0 Å². The molecule has 0 bridgehead atoms. The van der Waals surface area contributed by atoms with Crippen molar-refractivity contribution < 1.29 is 19.6 Å². The molecule has 8 heteroatoms. The lowest BCUT2D eigenvalue weighted by molar-refractivity contribution is 0.0636. The number of anilines is 1. The van der Waals surface area contributed by atoms with Crippen molar-refractivity contribution >= 4 is 24.4 Å². The zero-order chi connectivity index (χ0) is 14.6. The number of pyridine rings is 1. The predicted octanol–water partition coefficient (Wildman–Crippen LogP) is -0.0199. The molecule has 0 atom stereocenters. The molecule has 0 radical (unpaired) electrons. The van der Waals surface area contributed by atoms with Crippen LogP contribution in [0.1, 0.15) is 26.5 Å². The van der Waals surface area contributed by atoms with Crippen molar-refractivity contribution in [3.05, 3.63) is 18.0 Å². The summed E-state index contributed by atoms with van der Waals surface area (Å²) in [5, 5.41) is 29.3. The first-order valence-electron chi connectivity index (χ1n) is 5.49. The lowest BCUT2D eigenvalue weighted by Crippen LogP contribution is -2.34. The molecule has 1 aromatic heterocycles. The monoisotopic (exact) mass is 263 g/mol. The van der Waals surface area contributed by atoms with E-state index in [4.69, 9.17) is 20.0 Å². The second-order valence-corrected chi connectivity index (χ2v) is 4.77. The Balaban J connectivity index is 2.89. The zero-order valence-corrected chi connectivity index (χ0v) is 10.8. The van der Waals surface area contributed by atoms with E-state index in [2.05, 4.69) is 10.3 Å². The Morgan fingerprint density at radius 1 is 1.53 bits per heavy atom. The molecule has 0 spiro atoms. The van der Waals surface area contributed by atoms with E-state index in [0.29, 0.717) is 0 Å². The molecule has 0 fully saturated rings. The molecule has 0 aromatic carbocycles. The predicted molar refractivity (Wildman–Crippen MR) is 68.6 cm³/mol. The van der Waals surface area contributed by atoms with E-state index >= 15 is 0 Å². The first-order valence-corrected chi connectivity index (χ1v) is 5.49. The molecule has 3 N–H and O–H groups in total. The minimum atomic E-state index is -1.84. The first-order chi connectivity index (χ1) is 8.73. The van der Waals surface area contributed by atoms with Crippen molar-refractivity contribution in [1.29, 1.82) is 5.26 Å². The van der Waals surface area contributed by atoms with E-state index in [1.54, 1.807) is 26.8 Å². The molecular weight excluding hydrogens is 249 g/mol. The van der Waals surface area contributed by atoms with Crippen molar-refractivity contribution in [3.63, 3.8) is 0 Å². The molecule has 1 heterocycles. The molecule has 7 nitrogen and oxygen atoms in total. The summed E-state index contributed by atoms with van der Waals surface area (Å²) in [6, 6.07) is 2.97. The highest BCUT2D eigenvalue weighted by Crippen LogP contribution is 2.10. The van der Waals surface area contributed by atoms with Gasteiger partial charge in [-0.05, 0) is 26.8 Å². The van der Waals surface area contributed by atoms with Crippen LogP contribution in [-0.2, 0) is 4.74 Å². The Labute approximate surface area is 111 Å². The Hall–Kier alpha value is -2.11. The number of carbonyl (C=O) groups excluding carboxylic acids is 1. The third-order valence-corrected chi connectivity index (χ3v) is 1.95. The molecule has 0 unspecified atom stereocenters. The molecule has 0 aliphatic rings. The molecule has 0 aliphatic heterocycles. The summed E-state index contributed by atoms with van der Waals surface area (Å²) < 4.78 is 5.03. The quantitative estimate of drug-likeness (QED) is 0.646. The molecule has 0 aliphatic carbocycles. The van der Waals surface area contributed by atoms with Gasteiger partial charge < -0.3 is 14.8 Å². The van der Waals surface area contributed by atoms with Crippen molar-refractivity contribution in [2.75, 3.05) is 5.32 Å². The average molecular weight is 263 g/mol. The van der Waals surface area contributed by atoms with E-state index in [1.165, 1.54) is 12.3 Å². The highest BCUT2D eigenvalue weighted by Gasteiger charge is 2.20. The maximum Gasteiger partial charge on any atom is 0.491 e. The lowest BCUT2D eigenvalue weighted by atomic mass is 9.79. The number of rotatable bonds is 2. The highest BCUT2D eigenvalue weighted by atomic mass is 16.6. The first kappa shape index (κ1) is 15.0. The summed E-state index contributed by atoms with van der Waals surface area (Å²) in [7, 11) is -1.84. The fraction of sp³-hybridized carbons (Fsp3) is 0.364. The summed E-state index contributed by atoms with van der Waals surface area (Å²) in [6.45, 7) is 5.14. The molecule has 100 valence electrons. The minimum absolute atomic E-state index is 0.0870. The maximum atomic E-state index is 11.5. The Morgan fingerprint density at radius 3 is 2.63 bits per heavy atom. The van der Waals surface area contributed by atoms with Gasteiger partial charge in [0.1, 0.15) is 17.4 Å². The number of nitrogens with one attached hydrogen (secondary N) is 1. The van der Waals surface area contributed by atoms with E-state index in [9.17, 15) is 4.79 Å². The van der Waals surface area contributed by atoms with Crippen molar-refractivity contribution in [2.24, 2.45) is 0 Å². The van der Waals surface area contributed by atoms with Gasteiger partial charge in [0.05, 0.1) is 11.9 Å². The van der Waals surface area contributed by atoms with Crippen LogP contribution in [0.3, 0.4) is 0 Å². The summed E-state index contributed by atoms with van der Waals surface area (Å²) in [5.74, 6) is 0. The van der Waals surface area contributed by atoms with Crippen molar-refractivity contribution in [1.82, 2.24) is 4.98 Å². The number of nitriles is 1. The van der Waals surface area contributed by atoms with Gasteiger partial charge >= 0.3 is 13.2 Å². The number of ether oxygens (including phenoxy) is 1. The van der Waals surface area contributed by atoms with Crippen LogP contribution < -0.4 is 10.8 Å². The second-order valence-electron chi connectivity index (χ2n) is 4.77. The van der Waals surface area contributed by atoms with Crippen LogP contribution in [0, 0.1) is 11.3 Å². The number of aromatic nitrogens is 1. The van der Waals surface area contributed by atoms with E-state index in [1.807, 2.05) is 0 Å². The Morgan fingerprint density at radius 2 is 2.16 bits per heavy atom. The zero-order valence-electron chi connectivity index (χ0n) is 10.8. The van der Waals surface area contributed by atoms with Crippen LogP contribution in [0.5, 0.6) is 0 Å². The van der Waals surface area contributed by atoms with Gasteiger partial charge in [-0.25, -0.2) is 9.78 Å². The highest BCUT2D eigenvalue weighted by molar-refractivity contribution is 6.59. The second kappa shape index (κ2) is 5.69. The fourth-order valence-corrected chi connectivity index (χ4v) is 1.26. The van der Waals surface area contributed by atoms with Gasteiger partial charge in [0.2, 0.25) is 0 Å². The van der Waals surface area contributed by atoms with Crippen LogP contribution in [0.25, 0.3) is 0 Å². The molecule has 1 rings (SSSR count). The minimum Gasteiger partial charge on any atom is -0.444 e. The average Bonchev–Trinajstić information content (AvgIpc) is 2.26. The van der Waals surface area contributed by atoms with Gasteiger partial charge in [-0.3, -0.25) is 5.32 Å². The molecule has 0 saturated carbocycles. The van der Waals surface area contributed by atoms with Gasteiger partial charge in [-0.15, -0.1) is 0 Å². The number of hydrogen-bond acceptors (Lipinski definition) is 6. The molecule has 0 saturated heterocycles. The summed E-state index contributed by atoms with van der Waals surface area (Å²) in [4.78, 5) is 15.2. The molecule has 19 heavy (non-hydrogen) atoms.